The van der Waals surface area contributed by atoms with Gasteiger partial charge in [-0.2, -0.15) is 0 Å². The highest BCUT2D eigenvalue weighted by Crippen LogP contribution is 2.30. The van der Waals surface area contributed by atoms with E-state index in [9.17, 15) is 9.59 Å². The second kappa shape index (κ2) is 9.98. The molecule has 0 fully saturated rings. The Morgan fingerprint density at radius 2 is 1.83 bits per heavy atom. The van der Waals surface area contributed by atoms with Gasteiger partial charge in [0.1, 0.15) is 6.61 Å². The van der Waals surface area contributed by atoms with Gasteiger partial charge in [0.05, 0.1) is 14.2 Å². The SMILES string of the molecule is COCC(=O)N1CCCc2ccc(NC(=O)NCc3ccc(OC)c(OC)c3)cc21. The number of nitrogens with zero attached hydrogens (tertiary/aromatic N) is 1. The number of carbonyl (C=O) groups is 2. The minimum atomic E-state index is -0.338. The Morgan fingerprint density at radius 1 is 1.03 bits per heavy atom. The number of fused-ring (bicyclic) bond motifs is 1. The Morgan fingerprint density at radius 3 is 2.57 bits per heavy atom. The highest BCUT2D eigenvalue weighted by molar-refractivity contribution is 5.97. The van der Waals surface area contributed by atoms with Crippen LogP contribution in [0.15, 0.2) is 36.4 Å². The van der Waals surface area contributed by atoms with Crippen LogP contribution in [0.5, 0.6) is 11.5 Å². The van der Waals surface area contributed by atoms with Gasteiger partial charge in [-0.25, -0.2) is 4.79 Å². The first-order valence-electron chi connectivity index (χ1n) is 9.73. The van der Waals surface area contributed by atoms with Gasteiger partial charge in [-0.1, -0.05) is 12.1 Å². The number of hydrogen-bond acceptors (Lipinski definition) is 5. The van der Waals surface area contributed by atoms with Crippen LogP contribution in [0.3, 0.4) is 0 Å². The predicted molar refractivity (Wildman–Crippen MR) is 114 cm³/mol. The minimum Gasteiger partial charge on any atom is -0.493 e. The van der Waals surface area contributed by atoms with E-state index < -0.39 is 0 Å². The van der Waals surface area contributed by atoms with Crippen molar-refractivity contribution < 1.29 is 23.8 Å². The Bertz CT molecular complexity index is 916. The molecule has 1 aliphatic rings. The summed E-state index contributed by atoms with van der Waals surface area (Å²) in [6.07, 6.45) is 1.80. The lowest BCUT2D eigenvalue weighted by molar-refractivity contribution is -0.122. The summed E-state index contributed by atoms with van der Waals surface area (Å²) >= 11 is 0. The van der Waals surface area contributed by atoms with Crippen molar-refractivity contribution in [3.8, 4) is 11.5 Å². The van der Waals surface area contributed by atoms with Crippen LogP contribution in [0.1, 0.15) is 17.5 Å². The van der Waals surface area contributed by atoms with Crippen LogP contribution in [0.4, 0.5) is 16.2 Å². The molecule has 0 aromatic heterocycles. The van der Waals surface area contributed by atoms with Crippen molar-refractivity contribution in [3.05, 3.63) is 47.5 Å². The fraction of sp³-hybridized carbons (Fsp3) is 0.364. The largest absolute Gasteiger partial charge is 0.493 e. The zero-order valence-electron chi connectivity index (χ0n) is 17.5. The Labute approximate surface area is 176 Å². The fourth-order valence-electron chi connectivity index (χ4n) is 3.46. The maximum absolute atomic E-state index is 12.4. The van der Waals surface area contributed by atoms with E-state index in [0.29, 0.717) is 30.3 Å². The smallest absolute Gasteiger partial charge is 0.319 e. The van der Waals surface area contributed by atoms with E-state index in [2.05, 4.69) is 10.6 Å². The summed E-state index contributed by atoms with van der Waals surface area (Å²) in [5.74, 6) is 1.15. The van der Waals surface area contributed by atoms with Gasteiger partial charge < -0.3 is 29.7 Å². The van der Waals surface area contributed by atoms with Crippen LogP contribution < -0.4 is 25.0 Å². The van der Waals surface area contributed by atoms with Crippen LogP contribution in [-0.2, 0) is 22.5 Å². The van der Waals surface area contributed by atoms with Crippen molar-refractivity contribution in [3.63, 3.8) is 0 Å². The van der Waals surface area contributed by atoms with Gasteiger partial charge in [0.15, 0.2) is 11.5 Å². The molecule has 160 valence electrons. The zero-order valence-corrected chi connectivity index (χ0v) is 17.5. The molecular formula is C22H27N3O5. The summed E-state index contributed by atoms with van der Waals surface area (Å²) in [4.78, 5) is 26.4. The summed E-state index contributed by atoms with van der Waals surface area (Å²) in [6.45, 7) is 1.00. The average Bonchev–Trinajstić information content (AvgIpc) is 2.77. The van der Waals surface area contributed by atoms with Crippen molar-refractivity contribution in [2.45, 2.75) is 19.4 Å². The van der Waals surface area contributed by atoms with Gasteiger partial charge in [-0.15, -0.1) is 0 Å². The molecule has 30 heavy (non-hydrogen) atoms. The Kier molecular flexibility index (Phi) is 7.13. The standard InChI is InChI=1S/C22H27N3O5/c1-28-14-21(26)25-10-4-5-16-7-8-17(12-18(16)25)24-22(27)23-13-15-6-9-19(29-2)20(11-15)30-3/h6-9,11-12H,4-5,10,13-14H2,1-3H3,(H2,23,24,27). The number of nitrogens with one attached hydrogen (secondary N) is 2. The normalized spacial score (nSPS) is 12.7. The number of rotatable bonds is 7. The third-order valence-electron chi connectivity index (χ3n) is 4.93. The van der Waals surface area contributed by atoms with Gasteiger partial charge >= 0.3 is 6.03 Å². The molecule has 0 unspecified atom stereocenters. The van der Waals surface area contributed by atoms with E-state index in [1.54, 1.807) is 25.2 Å². The Balaban J connectivity index is 1.64. The second-order valence-electron chi connectivity index (χ2n) is 6.92. The van der Waals surface area contributed by atoms with Crippen molar-refractivity contribution in [2.75, 3.05) is 44.7 Å². The van der Waals surface area contributed by atoms with Gasteiger partial charge in [-0.3, -0.25) is 4.79 Å². The van der Waals surface area contributed by atoms with E-state index in [0.717, 1.165) is 29.7 Å². The molecule has 8 nitrogen and oxygen atoms in total. The molecule has 0 bridgehead atoms. The number of amides is 3. The molecule has 2 aromatic carbocycles. The number of aryl methyl sites for hydroxylation is 1. The molecule has 0 atom stereocenters. The predicted octanol–water partition coefficient (Wildman–Crippen LogP) is 2.95. The summed E-state index contributed by atoms with van der Waals surface area (Å²) in [5, 5.41) is 5.65. The van der Waals surface area contributed by atoms with Crippen molar-refractivity contribution in [1.82, 2.24) is 5.32 Å². The Hall–Kier alpha value is -3.26. The van der Waals surface area contributed by atoms with E-state index in [1.807, 2.05) is 30.3 Å². The van der Waals surface area contributed by atoms with Crippen LogP contribution >= 0.6 is 0 Å². The number of anilines is 2. The van der Waals surface area contributed by atoms with Crippen molar-refractivity contribution in [2.24, 2.45) is 0 Å². The average molecular weight is 413 g/mol. The van der Waals surface area contributed by atoms with Gasteiger partial charge in [-0.05, 0) is 48.2 Å². The first-order valence-corrected chi connectivity index (χ1v) is 9.73. The molecule has 3 rings (SSSR count). The van der Waals surface area contributed by atoms with Crippen LogP contribution in [0, 0.1) is 0 Å². The lowest BCUT2D eigenvalue weighted by Crippen LogP contribution is -2.37. The van der Waals surface area contributed by atoms with Crippen LogP contribution in [-0.4, -0.2) is 46.4 Å². The first-order chi connectivity index (χ1) is 14.5. The minimum absolute atomic E-state index is 0.0307. The number of urea groups is 1. The van der Waals surface area contributed by atoms with Crippen LogP contribution in [0.2, 0.25) is 0 Å². The van der Waals surface area contributed by atoms with Gasteiger partial charge in [0, 0.05) is 31.6 Å². The molecule has 2 aromatic rings. The monoisotopic (exact) mass is 413 g/mol. The molecule has 0 saturated carbocycles. The number of hydrogen-bond donors (Lipinski definition) is 2. The molecular weight excluding hydrogens is 386 g/mol. The molecule has 1 heterocycles. The number of ether oxygens (including phenoxy) is 3. The molecule has 2 N–H and O–H groups in total. The molecule has 0 radical (unpaired) electrons. The lowest BCUT2D eigenvalue weighted by atomic mass is 10.0. The number of carbonyl (C=O) groups excluding carboxylic acids is 2. The van der Waals surface area contributed by atoms with E-state index in [-0.39, 0.29) is 18.5 Å². The molecule has 3 amide bonds. The third-order valence-corrected chi connectivity index (χ3v) is 4.93. The lowest BCUT2D eigenvalue weighted by Gasteiger charge is -2.29. The molecule has 0 saturated heterocycles. The maximum atomic E-state index is 12.4. The molecule has 8 heteroatoms. The fourth-order valence-corrected chi connectivity index (χ4v) is 3.46. The van der Waals surface area contributed by atoms with Crippen LogP contribution in [0.25, 0.3) is 0 Å². The summed E-state index contributed by atoms with van der Waals surface area (Å²) in [6, 6.07) is 10.8. The summed E-state index contributed by atoms with van der Waals surface area (Å²) in [7, 11) is 4.65. The maximum Gasteiger partial charge on any atom is 0.319 e. The molecule has 1 aliphatic heterocycles. The number of methoxy groups -OCH3 is 3. The van der Waals surface area contributed by atoms with Gasteiger partial charge in [0.25, 0.3) is 5.91 Å². The van der Waals surface area contributed by atoms with Crippen molar-refractivity contribution in [1.29, 1.82) is 0 Å². The van der Waals surface area contributed by atoms with E-state index >= 15 is 0 Å². The summed E-state index contributed by atoms with van der Waals surface area (Å²) < 4.78 is 15.5. The molecule has 0 aliphatic carbocycles. The molecule has 0 spiro atoms. The summed E-state index contributed by atoms with van der Waals surface area (Å²) in [5.41, 5.74) is 3.41. The highest BCUT2D eigenvalue weighted by Gasteiger charge is 2.22. The zero-order chi connectivity index (χ0) is 21.5. The quantitative estimate of drug-likeness (QED) is 0.729. The van der Waals surface area contributed by atoms with Gasteiger partial charge in [0.2, 0.25) is 0 Å². The highest BCUT2D eigenvalue weighted by atomic mass is 16.5. The van der Waals surface area contributed by atoms with E-state index in [1.165, 1.54) is 7.11 Å². The number of benzene rings is 2. The first kappa shape index (κ1) is 21.4. The topological polar surface area (TPSA) is 89.1 Å². The van der Waals surface area contributed by atoms with E-state index in [4.69, 9.17) is 14.2 Å². The van der Waals surface area contributed by atoms with Crippen molar-refractivity contribution >= 4 is 23.3 Å². The third kappa shape index (κ3) is 5.01. The second-order valence-corrected chi connectivity index (χ2v) is 6.92.